The van der Waals surface area contributed by atoms with Crippen LogP contribution < -0.4 is 10.1 Å². The third-order valence-corrected chi connectivity index (χ3v) is 6.87. The minimum Gasteiger partial charge on any atom is -0.497 e. The molecule has 1 saturated heterocycles. The second-order valence-electron chi connectivity index (χ2n) is 6.35. The van der Waals surface area contributed by atoms with E-state index in [1.165, 1.54) is 0 Å². The Morgan fingerprint density at radius 3 is 2.78 bits per heavy atom. The number of nitrogens with one attached hydrogen (secondary N) is 1. The maximum Gasteiger partial charge on any atom is 0.277 e. The summed E-state index contributed by atoms with van der Waals surface area (Å²) in [7, 11) is -1.31. The predicted molar refractivity (Wildman–Crippen MR) is 100 cm³/mol. The van der Waals surface area contributed by atoms with Gasteiger partial charge in [-0.05, 0) is 30.0 Å². The third kappa shape index (κ3) is 5.96. The lowest BCUT2D eigenvalue weighted by Gasteiger charge is -2.05. The topological polar surface area (TPSA) is 111 Å². The first kappa shape index (κ1) is 19.7. The molecule has 2 heterocycles. The van der Waals surface area contributed by atoms with Crippen LogP contribution in [0.1, 0.15) is 17.9 Å². The zero-order chi connectivity index (χ0) is 19.3. The molecule has 0 saturated carbocycles. The highest BCUT2D eigenvalue weighted by Gasteiger charge is 2.29. The van der Waals surface area contributed by atoms with Gasteiger partial charge in [0.15, 0.2) is 9.84 Å². The third-order valence-electron chi connectivity index (χ3n) is 4.21. The highest BCUT2D eigenvalue weighted by atomic mass is 32.2. The molecule has 27 heavy (non-hydrogen) atoms. The number of rotatable bonds is 8. The minimum absolute atomic E-state index is 0.0288. The maximum absolute atomic E-state index is 12.0. The van der Waals surface area contributed by atoms with E-state index in [0.717, 1.165) is 23.1 Å². The van der Waals surface area contributed by atoms with Crippen LogP contribution >= 0.6 is 11.8 Å². The van der Waals surface area contributed by atoms with Crippen molar-refractivity contribution in [2.45, 2.75) is 24.6 Å². The summed E-state index contributed by atoms with van der Waals surface area (Å²) in [5.74, 6) is 1.63. The number of aromatic nitrogens is 2. The molecule has 2 aromatic rings. The summed E-state index contributed by atoms with van der Waals surface area (Å²) < 4.78 is 33.6. The second kappa shape index (κ2) is 8.75. The highest BCUT2D eigenvalue weighted by molar-refractivity contribution is 7.99. The smallest absolute Gasteiger partial charge is 0.277 e. The molecule has 1 aliphatic rings. The van der Waals surface area contributed by atoms with Gasteiger partial charge in [-0.15, -0.1) is 10.2 Å². The monoisotopic (exact) mass is 411 g/mol. The van der Waals surface area contributed by atoms with Crippen molar-refractivity contribution in [1.82, 2.24) is 15.5 Å². The number of amides is 1. The molecule has 1 aromatic carbocycles. The van der Waals surface area contributed by atoms with E-state index < -0.39 is 9.84 Å². The quantitative estimate of drug-likeness (QED) is 0.650. The van der Waals surface area contributed by atoms with Gasteiger partial charge in [0, 0.05) is 13.0 Å². The number of carbonyl (C=O) groups excluding carboxylic acids is 1. The van der Waals surface area contributed by atoms with Crippen molar-refractivity contribution in [3.05, 3.63) is 35.7 Å². The van der Waals surface area contributed by atoms with Crippen LogP contribution in [0.4, 0.5) is 0 Å². The van der Waals surface area contributed by atoms with Crippen LogP contribution in [-0.2, 0) is 27.6 Å². The Kier molecular flexibility index (Phi) is 6.38. The summed E-state index contributed by atoms with van der Waals surface area (Å²) in [6.45, 7) is 0.425. The summed E-state index contributed by atoms with van der Waals surface area (Å²) >= 11 is 1.16. The molecular weight excluding hydrogens is 390 g/mol. The van der Waals surface area contributed by atoms with Gasteiger partial charge in [-0.3, -0.25) is 4.79 Å². The molecule has 1 aromatic heterocycles. The van der Waals surface area contributed by atoms with Crippen LogP contribution in [0.25, 0.3) is 0 Å². The molecule has 0 unspecified atom stereocenters. The van der Waals surface area contributed by atoms with Gasteiger partial charge in [0.05, 0.1) is 24.4 Å². The Balaban J connectivity index is 1.40. The molecule has 10 heteroatoms. The fourth-order valence-electron chi connectivity index (χ4n) is 2.78. The molecule has 1 N–H and O–H groups in total. The molecule has 1 aliphatic heterocycles. The van der Waals surface area contributed by atoms with Gasteiger partial charge >= 0.3 is 0 Å². The summed E-state index contributed by atoms with van der Waals surface area (Å²) in [5.41, 5.74) is 0.973. The molecule has 0 spiro atoms. The number of benzene rings is 1. The van der Waals surface area contributed by atoms with Crippen molar-refractivity contribution < 1.29 is 22.4 Å². The molecule has 0 bridgehead atoms. The number of nitrogens with zero attached hydrogens (tertiary/aromatic N) is 2. The van der Waals surface area contributed by atoms with Crippen LogP contribution in [0.3, 0.4) is 0 Å². The Morgan fingerprint density at radius 2 is 2.11 bits per heavy atom. The van der Waals surface area contributed by atoms with E-state index >= 15 is 0 Å². The summed E-state index contributed by atoms with van der Waals surface area (Å²) in [4.78, 5) is 12.0. The molecule has 1 fully saturated rings. The average Bonchev–Trinajstić information content (AvgIpc) is 3.24. The van der Waals surface area contributed by atoms with Crippen LogP contribution in [0.2, 0.25) is 0 Å². The molecule has 3 rings (SSSR count). The van der Waals surface area contributed by atoms with Crippen molar-refractivity contribution >= 4 is 27.5 Å². The van der Waals surface area contributed by atoms with E-state index in [-0.39, 0.29) is 29.1 Å². The zero-order valence-electron chi connectivity index (χ0n) is 14.9. The Hall–Kier alpha value is -2.07. The van der Waals surface area contributed by atoms with Gasteiger partial charge in [-0.25, -0.2) is 8.42 Å². The molecule has 1 amide bonds. The van der Waals surface area contributed by atoms with Gasteiger partial charge in [-0.1, -0.05) is 23.9 Å². The van der Waals surface area contributed by atoms with E-state index in [4.69, 9.17) is 9.15 Å². The second-order valence-corrected chi connectivity index (χ2v) is 9.50. The normalized spacial score (nSPS) is 18.3. The number of hydrogen-bond acceptors (Lipinski definition) is 8. The standard InChI is InChI=1S/C17H21N3O5S2/c1-24-14-4-2-12(3-5-14)9-18-15(21)10-26-17-20-19-16(25-17)8-13-6-7-27(22,23)11-13/h2-5,13H,6-11H2,1H3,(H,18,21)/t13-/m0/s1. The number of sulfone groups is 1. The number of carbonyl (C=O) groups is 1. The Labute approximate surface area is 162 Å². The Morgan fingerprint density at radius 1 is 1.33 bits per heavy atom. The SMILES string of the molecule is COc1ccc(CNC(=O)CSc2nnc(C[C@@H]3CCS(=O)(=O)C3)o2)cc1. The summed E-state index contributed by atoms with van der Waals surface area (Å²) in [6, 6.07) is 7.46. The van der Waals surface area contributed by atoms with Crippen LogP contribution in [0.15, 0.2) is 33.9 Å². The zero-order valence-corrected chi connectivity index (χ0v) is 16.5. The molecule has 146 valence electrons. The van der Waals surface area contributed by atoms with Gasteiger partial charge in [-0.2, -0.15) is 0 Å². The number of ether oxygens (including phenoxy) is 1. The van der Waals surface area contributed by atoms with Crippen molar-refractivity contribution in [3.63, 3.8) is 0 Å². The van der Waals surface area contributed by atoms with Crippen molar-refractivity contribution in [2.75, 3.05) is 24.4 Å². The fraction of sp³-hybridized carbons (Fsp3) is 0.471. The molecule has 1 atom stereocenters. The van der Waals surface area contributed by atoms with Crippen LogP contribution in [0, 0.1) is 5.92 Å². The van der Waals surface area contributed by atoms with E-state index in [1.807, 2.05) is 24.3 Å². The van der Waals surface area contributed by atoms with E-state index in [0.29, 0.717) is 30.5 Å². The largest absolute Gasteiger partial charge is 0.497 e. The average molecular weight is 412 g/mol. The summed E-state index contributed by atoms with van der Waals surface area (Å²) in [5, 5.41) is 11.0. The van der Waals surface area contributed by atoms with E-state index in [1.54, 1.807) is 7.11 Å². The van der Waals surface area contributed by atoms with Gasteiger partial charge < -0.3 is 14.5 Å². The van der Waals surface area contributed by atoms with Crippen molar-refractivity contribution in [1.29, 1.82) is 0 Å². The number of hydrogen-bond donors (Lipinski definition) is 1. The number of methoxy groups -OCH3 is 1. The van der Waals surface area contributed by atoms with Crippen molar-refractivity contribution in [2.24, 2.45) is 5.92 Å². The molecule has 0 aliphatic carbocycles. The first-order chi connectivity index (χ1) is 12.9. The molecular formula is C17H21N3O5S2. The first-order valence-corrected chi connectivity index (χ1v) is 11.3. The Bertz CT molecular complexity index is 880. The maximum atomic E-state index is 12.0. The summed E-state index contributed by atoms with van der Waals surface area (Å²) in [6.07, 6.45) is 1.08. The lowest BCUT2D eigenvalue weighted by atomic mass is 10.1. The van der Waals surface area contributed by atoms with Gasteiger partial charge in [0.1, 0.15) is 5.75 Å². The lowest BCUT2D eigenvalue weighted by molar-refractivity contribution is -0.118. The number of thioether (sulfide) groups is 1. The highest BCUT2D eigenvalue weighted by Crippen LogP contribution is 2.24. The minimum atomic E-state index is -2.92. The van der Waals surface area contributed by atoms with Crippen LogP contribution in [-0.4, -0.2) is 48.9 Å². The first-order valence-electron chi connectivity index (χ1n) is 8.49. The fourth-order valence-corrected chi connectivity index (χ4v) is 5.25. The van der Waals surface area contributed by atoms with Gasteiger partial charge in [0.25, 0.3) is 5.22 Å². The predicted octanol–water partition coefficient (Wildman–Crippen LogP) is 1.46. The lowest BCUT2D eigenvalue weighted by Crippen LogP contribution is -2.24. The van der Waals surface area contributed by atoms with Crippen molar-refractivity contribution in [3.8, 4) is 5.75 Å². The van der Waals surface area contributed by atoms with E-state index in [9.17, 15) is 13.2 Å². The molecule has 8 nitrogen and oxygen atoms in total. The molecule has 0 radical (unpaired) electrons. The van der Waals surface area contributed by atoms with E-state index in [2.05, 4.69) is 15.5 Å². The van der Waals surface area contributed by atoms with Crippen LogP contribution in [0.5, 0.6) is 5.75 Å². The van der Waals surface area contributed by atoms with Gasteiger partial charge in [0.2, 0.25) is 11.8 Å².